The Labute approximate surface area is 140 Å². The molecule has 1 fully saturated rings. The van der Waals surface area contributed by atoms with E-state index in [0.29, 0.717) is 23.3 Å². The minimum Gasteiger partial charge on any atom is -0.341 e. The van der Waals surface area contributed by atoms with Gasteiger partial charge in [0, 0.05) is 10.6 Å². The van der Waals surface area contributed by atoms with Crippen LogP contribution in [0, 0.1) is 0 Å². The van der Waals surface area contributed by atoms with E-state index in [0.717, 1.165) is 12.0 Å². The van der Waals surface area contributed by atoms with Crippen molar-refractivity contribution in [1.29, 1.82) is 0 Å². The molecule has 5 nitrogen and oxygen atoms in total. The Kier molecular flexibility index (Phi) is 4.61. The zero-order valence-electron chi connectivity index (χ0n) is 12.6. The molecule has 2 aliphatic rings. The van der Waals surface area contributed by atoms with Gasteiger partial charge < -0.3 is 9.47 Å². The Balaban J connectivity index is 2.01. The van der Waals surface area contributed by atoms with Gasteiger partial charge in [0.1, 0.15) is 19.0 Å². The van der Waals surface area contributed by atoms with E-state index in [9.17, 15) is 0 Å². The van der Waals surface area contributed by atoms with Crippen LogP contribution in [0.15, 0.2) is 23.2 Å². The number of rotatable bonds is 4. The molecular weight excluding hydrogens is 325 g/mol. The Morgan fingerprint density at radius 3 is 2.91 bits per heavy atom. The minimum atomic E-state index is -0.953. The van der Waals surface area contributed by atoms with E-state index in [1.54, 1.807) is 18.5 Å². The largest absolute Gasteiger partial charge is 0.341 e. The summed E-state index contributed by atoms with van der Waals surface area (Å²) in [5.41, 5.74) is 3.96. The molecule has 2 heterocycles. The van der Waals surface area contributed by atoms with E-state index in [2.05, 4.69) is 17.3 Å². The number of benzene rings is 1. The van der Waals surface area contributed by atoms with Gasteiger partial charge in [0.15, 0.2) is 0 Å². The first-order valence-corrected chi connectivity index (χ1v) is 8.11. The standard InChI is InChI=1S/C15H19Cl2N3O2/c1-3-12-7-21-15(22-12,10(2)20-9-18-8-19-20)13-5-4-11(16)6-14(13)17/h4-6,9-10,12,19H,3,7-8H2,1-2H3. The monoisotopic (exact) mass is 343 g/mol. The fourth-order valence-corrected chi connectivity index (χ4v) is 3.34. The van der Waals surface area contributed by atoms with Crippen molar-refractivity contribution in [3.63, 3.8) is 0 Å². The smallest absolute Gasteiger partial charge is 0.219 e. The lowest BCUT2D eigenvalue weighted by atomic mass is 9.98. The lowest BCUT2D eigenvalue weighted by Crippen LogP contribution is -2.53. The van der Waals surface area contributed by atoms with Crippen LogP contribution in [0.3, 0.4) is 0 Å². The maximum atomic E-state index is 6.42. The van der Waals surface area contributed by atoms with E-state index < -0.39 is 5.79 Å². The third-order valence-electron chi connectivity index (χ3n) is 4.11. The van der Waals surface area contributed by atoms with Crippen molar-refractivity contribution in [3.05, 3.63) is 33.8 Å². The number of aliphatic imine (C=N–C) groups is 1. The zero-order chi connectivity index (χ0) is 15.7. The number of halogens is 2. The van der Waals surface area contributed by atoms with Crippen molar-refractivity contribution in [2.45, 2.75) is 38.2 Å². The molecule has 0 amide bonds. The molecule has 0 spiro atoms. The van der Waals surface area contributed by atoms with Crippen LogP contribution in [-0.2, 0) is 15.3 Å². The topological polar surface area (TPSA) is 46.1 Å². The van der Waals surface area contributed by atoms with E-state index in [1.165, 1.54) is 0 Å². The van der Waals surface area contributed by atoms with Gasteiger partial charge in [0.25, 0.3) is 0 Å². The van der Waals surface area contributed by atoms with E-state index in [4.69, 9.17) is 32.7 Å². The van der Waals surface area contributed by atoms with E-state index in [1.807, 2.05) is 18.0 Å². The van der Waals surface area contributed by atoms with Crippen LogP contribution in [0.1, 0.15) is 25.8 Å². The van der Waals surface area contributed by atoms with Gasteiger partial charge >= 0.3 is 0 Å². The zero-order valence-corrected chi connectivity index (χ0v) is 14.1. The van der Waals surface area contributed by atoms with E-state index in [-0.39, 0.29) is 12.1 Å². The fraction of sp³-hybridized carbons (Fsp3) is 0.533. The van der Waals surface area contributed by atoms with Gasteiger partial charge in [-0.1, -0.05) is 36.2 Å². The third kappa shape index (κ3) is 2.72. The second-order valence-corrected chi connectivity index (χ2v) is 6.29. The van der Waals surface area contributed by atoms with Crippen LogP contribution in [0.5, 0.6) is 0 Å². The first kappa shape index (κ1) is 16.0. The van der Waals surface area contributed by atoms with Gasteiger partial charge in [0.2, 0.25) is 5.79 Å². The van der Waals surface area contributed by atoms with Gasteiger partial charge in [-0.15, -0.1) is 0 Å². The normalized spacial score (nSPS) is 29.3. The quantitative estimate of drug-likeness (QED) is 0.911. The Morgan fingerprint density at radius 2 is 2.32 bits per heavy atom. The average molecular weight is 344 g/mol. The van der Waals surface area contributed by atoms with Gasteiger partial charge in [-0.25, -0.2) is 5.43 Å². The lowest BCUT2D eigenvalue weighted by molar-refractivity contribution is -0.212. The van der Waals surface area contributed by atoms with Crippen LogP contribution in [-0.4, -0.2) is 36.8 Å². The highest BCUT2D eigenvalue weighted by atomic mass is 35.5. The van der Waals surface area contributed by atoms with Crippen molar-refractivity contribution >= 4 is 29.5 Å². The summed E-state index contributed by atoms with van der Waals surface area (Å²) >= 11 is 12.4. The number of hydrogen-bond donors (Lipinski definition) is 1. The molecule has 1 saturated heterocycles. The summed E-state index contributed by atoms with van der Waals surface area (Å²) in [5, 5.41) is 3.01. The summed E-state index contributed by atoms with van der Waals surface area (Å²) in [7, 11) is 0. The summed E-state index contributed by atoms with van der Waals surface area (Å²) in [6, 6.07) is 5.24. The Hall–Kier alpha value is -0.850. The van der Waals surface area contributed by atoms with Gasteiger partial charge in [-0.05, 0) is 25.5 Å². The van der Waals surface area contributed by atoms with Gasteiger partial charge in [0.05, 0.1) is 17.7 Å². The molecule has 0 radical (unpaired) electrons. The molecule has 0 aliphatic carbocycles. The first-order chi connectivity index (χ1) is 10.6. The van der Waals surface area contributed by atoms with Gasteiger partial charge in [-0.3, -0.25) is 10.0 Å². The maximum Gasteiger partial charge on any atom is 0.219 e. The van der Waals surface area contributed by atoms with Crippen LogP contribution < -0.4 is 5.43 Å². The maximum absolute atomic E-state index is 6.42. The van der Waals surface area contributed by atoms with Crippen molar-refractivity contribution in [2.24, 2.45) is 4.99 Å². The molecular formula is C15H19Cl2N3O2. The highest BCUT2D eigenvalue weighted by molar-refractivity contribution is 6.35. The molecule has 3 rings (SSSR count). The molecule has 1 aromatic carbocycles. The Bertz CT molecular complexity index is 584. The first-order valence-electron chi connectivity index (χ1n) is 7.36. The number of ether oxygens (including phenoxy) is 2. The number of hydrazine groups is 1. The predicted octanol–water partition coefficient (Wildman–Crippen LogP) is 3.17. The molecule has 0 bridgehead atoms. The van der Waals surface area contributed by atoms with Crippen LogP contribution in [0.25, 0.3) is 0 Å². The molecule has 0 saturated carbocycles. The molecule has 2 aliphatic heterocycles. The summed E-state index contributed by atoms with van der Waals surface area (Å²) in [6.07, 6.45) is 2.66. The number of hydrogen-bond acceptors (Lipinski definition) is 5. The number of nitrogens with zero attached hydrogens (tertiary/aromatic N) is 2. The Morgan fingerprint density at radius 1 is 1.50 bits per heavy atom. The molecule has 1 aromatic rings. The predicted molar refractivity (Wildman–Crippen MR) is 87.1 cm³/mol. The number of nitrogens with one attached hydrogen (secondary N) is 1. The van der Waals surface area contributed by atoms with Crippen molar-refractivity contribution in [2.75, 3.05) is 13.3 Å². The molecule has 3 unspecified atom stereocenters. The summed E-state index contributed by atoms with van der Waals surface area (Å²) in [5.74, 6) is -0.953. The SMILES string of the molecule is CCC1COC(c2ccc(Cl)cc2Cl)(C(C)N2C=NCN2)O1. The summed E-state index contributed by atoms with van der Waals surface area (Å²) in [6.45, 7) is 5.18. The minimum absolute atomic E-state index is 0.0359. The second-order valence-electron chi connectivity index (χ2n) is 5.45. The molecule has 7 heteroatoms. The molecule has 0 aromatic heterocycles. The summed E-state index contributed by atoms with van der Waals surface area (Å²) < 4.78 is 12.4. The molecule has 3 atom stereocenters. The van der Waals surface area contributed by atoms with Crippen molar-refractivity contribution in [3.8, 4) is 0 Å². The lowest BCUT2D eigenvalue weighted by Gasteiger charge is -2.39. The highest BCUT2D eigenvalue weighted by Crippen LogP contribution is 2.43. The summed E-state index contributed by atoms with van der Waals surface area (Å²) in [4.78, 5) is 4.18. The fourth-order valence-electron chi connectivity index (χ4n) is 2.80. The van der Waals surface area contributed by atoms with Crippen molar-refractivity contribution in [1.82, 2.24) is 10.4 Å². The van der Waals surface area contributed by atoms with Crippen LogP contribution >= 0.6 is 23.2 Å². The van der Waals surface area contributed by atoms with Gasteiger partial charge in [-0.2, -0.15) is 0 Å². The third-order valence-corrected chi connectivity index (χ3v) is 4.65. The van der Waals surface area contributed by atoms with Crippen LogP contribution in [0.4, 0.5) is 0 Å². The molecule has 1 N–H and O–H groups in total. The second kappa shape index (κ2) is 6.34. The van der Waals surface area contributed by atoms with Crippen LogP contribution in [0.2, 0.25) is 10.0 Å². The molecule has 120 valence electrons. The molecule has 22 heavy (non-hydrogen) atoms. The highest BCUT2D eigenvalue weighted by Gasteiger charge is 2.50. The average Bonchev–Trinajstić information content (AvgIpc) is 3.17. The van der Waals surface area contributed by atoms with E-state index >= 15 is 0 Å². The van der Waals surface area contributed by atoms with Crippen molar-refractivity contribution < 1.29 is 9.47 Å².